The van der Waals surface area contributed by atoms with Crippen LogP contribution in [0.25, 0.3) is 0 Å². The first-order valence-electron chi connectivity index (χ1n) is 8.19. The standard InChI is InChI=1S/C19H22FN3O/c1-15(24)21-18-6-2-16(3-7-18)14-22-10-12-23(13-11-22)19-8-4-17(20)5-9-19/h2-9H,10-14H2,1H3,(H,21,24). The molecule has 0 unspecified atom stereocenters. The van der Waals surface area contributed by atoms with Gasteiger partial charge < -0.3 is 10.2 Å². The molecule has 0 radical (unpaired) electrons. The highest BCUT2D eigenvalue weighted by Crippen LogP contribution is 2.18. The van der Waals surface area contributed by atoms with Crippen molar-refractivity contribution in [2.45, 2.75) is 13.5 Å². The number of hydrogen-bond acceptors (Lipinski definition) is 3. The van der Waals surface area contributed by atoms with E-state index >= 15 is 0 Å². The Hall–Kier alpha value is -2.40. The van der Waals surface area contributed by atoms with Gasteiger partial charge in [-0.15, -0.1) is 0 Å². The monoisotopic (exact) mass is 327 g/mol. The number of nitrogens with one attached hydrogen (secondary N) is 1. The van der Waals surface area contributed by atoms with Crippen LogP contribution in [-0.2, 0) is 11.3 Å². The van der Waals surface area contributed by atoms with E-state index in [1.165, 1.54) is 24.6 Å². The molecule has 0 atom stereocenters. The quantitative estimate of drug-likeness (QED) is 0.937. The molecule has 3 rings (SSSR count). The fraction of sp³-hybridized carbons (Fsp3) is 0.316. The van der Waals surface area contributed by atoms with Crippen LogP contribution in [0.4, 0.5) is 15.8 Å². The van der Waals surface area contributed by atoms with Crippen molar-refractivity contribution in [3.05, 3.63) is 59.9 Å². The van der Waals surface area contributed by atoms with E-state index in [0.29, 0.717) is 0 Å². The Balaban J connectivity index is 1.51. The minimum Gasteiger partial charge on any atom is -0.369 e. The summed E-state index contributed by atoms with van der Waals surface area (Å²) >= 11 is 0. The molecule has 2 aromatic rings. The summed E-state index contributed by atoms with van der Waals surface area (Å²) in [5, 5.41) is 2.78. The van der Waals surface area contributed by atoms with Crippen LogP contribution in [0.1, 0.15) is 12.5 Å². The minimum absolute atomic E-state index is 0.0559. The zero-order valence-corrected chi connectivity index (χ0v) is 13.8. The lowest BCUT2D eigenvalue weighted by molar-refractivity contribution is -0.114. The fourth-order valence-electron chi connectivity index (χ4n) is 2.97. The Kier molecular flexibility index (Phi) is 5.11. The van der Waals surface area contributed by atoms with E-state index in [2.05, 4.69) is 27.2 Å². The molecule has 2 aromatic carbocycles. The van der Waals surface area contributed by atoms with Gasteiger partial charge in [0, 0.05) is 51.0 Å². The smallest absolute Gasteiger partial charge is 0.221 e. The van der Waals surface area contributed by atoms with Crippen LogP contribution in [0, 0.1) is 5.82 Å². The molecule has 1 heterocycles. The zero-order valence-electron chi connectivity index (χ0n) is 13.8. The first-order valence-corrected chi connectivity index (χ1v) is 8.19. The largest absolute Gasteiger partial charge is 0.369 e. The Morgan fingerprint density at radius 1 is 1.00 bits per heavy atom. The maximum absolute atomic E-state index is 13.0. The summed E-state index contributed by atoms with van der Waals surface area (Å²) < 4.78 is 13.0. The van der Waals surface area contributed by atoms with Crippen LogP contribution in [0.15, 0.2) is 48.5 Å². The van der Waals surface area contributed by atoms with E-state index in [-0.39, 0.29) is 11.7 Å². The average molecular weight is 327 g/mol. The second-order valence-corrected chi connectivity index (χ2v) is 6.12. The normalized spacial score (nSPS) is 15.3. The summed E-state index contributed by atoms with van der Waals surface area (Å²) in [7, 11) is 0. The summed E-state index contributed by atoms with van der Waals surface area (Å²) in [6, 6.07) is 14.7. The van der Waals surface area contributed by atoms with Gasteiger partial charge in [-0.05, 0) is 42.0 Å². The molecule has 5 heteroatoms. The van der Waals surface area contributed by atoms with Crippen molar-refractivity contribution in [3.63, 3.8) is 0 Å². The summed E-state index contributed by atoms with van der Waals surface area (Å²) in [6.45, 7) is 6.24. The number of carbonyl (C=O) groups excluding carboxylic acids is 1. The van der Waals surface area contributed by atoms with E-state index in [9.17, 15) is 9.18 Å². The predicted molar refractivity (Wildman–Crippen MR) is 94.6 cm³/mol. The van der Waals surface area contributed by atoms with Crippen molar-refractivity contribution in [3.8, 4) is 0 Å². The molecule has 1 aliphatic heterocycles. The summed E-state index contributed by atoms with van der Waals surface area (Å²) in [4.78, 5) is 15.7. The Labute approximate surface area is 141 Å². The third kappa shape index (κ3) is 4.32. The molecule has 0 spiro atoms. The number of rotatable bonds is 4. The second-order valence-electron chi connectivity index (χ2n) is 6.12. The van der Waals surface area contributed by atoms with Crippen molar-refractivity contribution < 1.29 is 9.18 Å². The van der Waals surface area contributed by atoms with Gasteiger partial charge in [0.2, 0.25) is 5.91 Å². The predicted octanol–water partition coefficient (Wildman–Crippen LogP) is 3.11. The topological polar surface area (TPSA) is 35.6 Å². The van der Waals surface area contributed by atoms with Crippen LogP contribution in [-0.4, -0.2) is 37.0 Å². The molecule has 1 amide bonds. The van der Waals surface area contributed by atoms with Crippen LogP contribution >= 0.6 is 0 Å². The molecule has 0 bridgehead atoms. The Morgan fingerprint density at radius 2 is 1.62 bits per heavy atom. The molecule has 4 nitrogen and oxygen atoms in total. The van der Waals surface area contributed by atoms with E-state index in [1.54, 1.807) is 0 Å². The average Bonchev–Trinajstić information content (AvgIpc) is 2.58. The van der Waals surface area contributed by atoms with E-state index < -0.39 is 0 Å². The second kappa shape index (κ2) is 7.45. The number of amides is 1. The van der Waals surface area contributed by atoms with Gasteiger partial charge in [-0.1, -0.05) is 12.1 Å². The van der Waals surface area contributed by atoms with Crippen molar-refractivity contribution >= 4 is 17.3 Å². The van der Waals surface area contributed by atoms with E-state index in [0.717, 1.165) is 44.1 Å². The third-order valence-electron chi connectivity index (χ3n) is 4.24. The number of anilines is 2. The summed E-state index contributed by atoms with van der Waals surface area (Å²) in [5.41, 5.74) is 3.14. The molecule has 0 saturated carbocycles. The zero-order chi connectivity index (χ0) is 16.9. The molecule has 1 aliphatic rings. The summed E-state index contributed by atoms with van der Waals surface area (Å²) in [6.07, 6.45) is 0. The van der Waals surface area contributed by atoms with Gasteiger partial charge in [0.25, 0.3) is 0 Å². The van der Waals surface area contributed by atoms with Crippen LogP contribution in [0.5, 0.6) is 0 Å². The van der Waals surface area contributed by atoms with Gasteiger partial charge in [0.1, 0.15) is 5.82 Å². The number of hydrogen-bond donors (Lipinski definition) is 1. The lowest BCUT2D eigenvalue weighted by atomic mass is 10.1. The molecule has 1 fully saturated rings. The molecule has 0 aliphatic carbocycles. The number of carbonyl (C=O) groups is 1. The SMILES string of the molecule is CC(=O)Nc1ccc(CN2CCN(c3ccc(F)cc3)CC2)cc1. The van der Waals surface area contributed by atoms with E-state index in [4.69, 9.17) is 0 Å². The maximum Gasteiger partial charge on any atom is 0.221 e. The lowest BCUT2D eigenvalue weighted by Crippen LogP contribution is -2.45. The van der Waals surface area contributed by atoms with Crippen LogP contribution in [0.2, 0.25) is 0 Å². The molecule has 24 heavy (non-hydrogen) atoms. The van der Waals surface area contributed by atoms with Crippen molar-refractivity contribution in [1.29, 1.82) is 0 Å². The minimum atomic E-state index is -0.194. The summed E-state index contributed by atoms with van der Waals surface area (Å²) in [5.74, 6) is -0.250. The third-order valence-corrected chi connectivity index (χ3v) is 4.24. The van der Waals surface area contributed by atoms with Crippen molar-refractivity contribution in [1.82, 2.24) is 4.90 Å². The Morgan fingerprint density at radius 3 is 2.21 bits per heavy atom. The first-order chi connectivity index (χ1) is 11.6. The molecule has 1 saturated heterocycles. The number of halogens is 1. The van der Waals surface area contributed by atoms with Crippen LogP contribution in [0.3, 0.4) is 0 Å². The molecular weight excluding hydrogens is 305 g/mol. The van der Waals surface area contributed by atoms with Gasteiger partial charge in [-0.2, -0.15) is 0 Å². The van der Waals surface area contributed by atoms with Gasteiger partial charge in [-0.25, -0.2) is 4.39 Å². The van der Waals surface area contributed by atoms with Gasteiger partial charge in [0.15, 0.2) is 0 Å². The van der Waals surface area contributed by atoms with Crippen LogP contribution < -0.4 is 10.2 Å². The molecule has 126 valence electrons. The number of piperazine rings is 1. The Bertz CT molecular complexity index is 677. The van der Waals surface area contributed by atoms with E-state index in [1.807, 2.05) is 24.3 Å². The fourth-order valence-corrected chi connectivity index (χ4v) is 2.97. The molecular formula is C19H22FN3O. The molecule has 0 aromatic heterocycles. The van der Waals surface area contributed by atoms with Crippen molar-refractivity contribution in [2.75, 3.05) is 36.4 Å². The highest BCUT2D eigenvalue weighted by molar-refractivity contribution is 5.88. The van der Waals surface area contributed by atoms with Gasteiger partial charge in [-0.3, -0.25) is 9.69 Å². The van der Waals surface area contributed by atoms with Crippen molar-refractivity contribution in [2.24, 2.45) is 0 Å². The lowest BCUT2D eigenvalue weighted by Gasteiger charge is -2.36. The number of benzene rings is 2. The maximum atomic E-state index is 13.0. The number of nitrogens with zero attached hydrogens (tertiary/aromatic N) is 2. The van der Waals surface area contributed by atoms with Gasteiger partial charge >= 0.3 is 0 Å². The highest BCUT2D eigenvalue weighted by atomic mass is 19.1. The van der Waals surface area contributed by atoms with Gasteiger partial charge in [0.05, 0.1) is 0 Å². The first kappa shape index (κ1) is 16.5. The highest BCUT2D eigenvalue weighted by Gasteiger charge is 2.17. The molecule has 1 N–H and O–H groups in total.